The average Bonchev–Trinajstić information content (AvgIpc) is 3.70. The molecule has 7 nitrogen and oxygen atoms in total. The first-order valence-electron chi connectivity index (χ1n) is 14.9. The second-order valence-corrected chi connectivity index (χ2v) is 13.9. The third-order valence-electron chi connectivity index (χ3n) is 8.79. The Balaban J connectivity index is 1.21. The van der Waals surface area contributed by atoms with E-state index in [0.29, 0.717) is 16.6 Å². The van der Waals surface area contributed by atoms with E-state index in [2.05, 4.69) is 9.97 Å². The quantitative estimate of drug-likeness (QED) is 0.155. The molecule has 2 unspecified atom stereocenters. The summed E-state index contributed by atoms with van der Waals surface area (Å²) in [6, 6.07) is 33.8. The number of para-hydroxylation sites is 2. The molecule has 2 aliphatic rings. The van der Waals surface area contributed by atoms with Crippen LogP contribution in [0.5, 0.6) is 0 Å². The van der Waals surface area contributed by atoms with Crippen molar-refractivity contribution < 1.29 is 22.7 Å². The zero-order valence-corrected chi connectivity index (χ0v) is 24.9. The molecule has 8 heteroatoms. The van der Waals surface area contributed by atoms with Gasteiger partial charge in [-0.2, -0.15) is 0 Å². The van der Waals surface area contributed by atoms with Crippen LogP contribution in [0.25, 0.3) is 11.0 Å². The molecule has 1 N–H and O–H groups in total. The Morgan fingerprint density at radius 2 is 1.41 bits per heavy atom. The van der Waals surface area contributed by atoms with Crippen LogP contribution in [0, 0.1) is 11.8 Å². The lowest BCUT2D eigenvalue weighted by Gasteiger charge is -2.27. The molecule has 222 valence electrons. The first-order valence-corrected chi connectivity index (χ1v) is 16.6. The lowest BCUT2D eigenvalue weighted by molar-refractivity contribution is -0.152. The largest absolute Gasteiger partial charge is 0.450 e. The molecule has 7 rings (SSSR count). The van der Waals surface area contributed by atoms with Gasteiger partial charge in [0.1, 0.15) is 5.92 Å². The Hall–Kier alpha value is -4.56. The number of cyclic esters (lactones) is 1. The Kier molecular flexibility index (Phi) is 7.17. The van der Waals surface area contributed by atoms with E-state index >= 15 is 0 Å². The fourth-order valence-electron chi connectivity index (χ4n) is 6.61. The summed E-state index contributed by atoms with van der Waals surface area (Å²) in [4.78, 5) is 35.5. The number of sulfone groups is 1. The highest BCUT2D eigenvalue weighted by Gasteiger charge is 2.59. The van der Waals surface area contributed by atoms with E-state index < -0.39 is 33.2 Å². The van der Waals surface area contributed by atoms with Crippen molar-refractivity contribution in [3.63, 3.8) is 0 Å². The first-order chi connectivity index (χ1) is 21.3. The highest BCUT2D eigenvalue weighted by atomic mass is 32.2. The summed E-state index contributed by atoms with van der Waals surface area (Å²) in [6.45, 7) is 0. The van der Waals surface area contributed by atoms with Crippen molar-refractivity contribution in [3.8, 4) is 0 Å². The molecule has 1 saturated carbocycles. The van der Waals surface area contributed by atoms with Gasteiger partial charge >= 0.3 is 5.97 Å². The fourth-order valence-corrected chi connectivity index (χ4v) is 7.87. The normalized spacial score (nSPS) is 18.8. The number of carbonyl (C=O) groups is 2. The second-order valence-electron chi connectivity index (χ2n) is 12.0. The molecule has 0 spiro atoms. The minimum Gasteiger partial charge on any atom is -0.450 e. The molecule has 5 aromatic rings. The lowest BCUT2D eigenvalue weighted by atomic mass is 9.74. The predicted molar refractivity (Wildman–Crippen MR) is 167 cm³/mol. The number of nitrogens with zero attached hydrogens (tertiary/aromatic N) is 1. The zero-order chi connectivity index (χ0) is 30.3. The maximum absolute atomic E-state index is 14.5. The van der Waals surface area contributed by atoms with Crippen LogP contribution >= 0.6 is 0 Å². The molecule has 2 atom stereocenters. The number of H-pyrrole nitrogens is 1. The first kappa shape index (κ1) is 28.2. The molecule has 2 heterocycles. The van der Waals surface area contributed by atoms with Crippen molar-refractivity contribution in [2.24, 2.45) is 11.8 Å². The highest BCUT2D eigenvalue weighted by molar-refractivity contribution is 7.90. The third-order valence-corrected chi connectivity index (χ3v) is 10.3. The molecule has 2 fully saturated rings. The standard InChI is InChI=1S/C36H32N2O5S/c39-33-32(34(40)43-36(33,21-24-10-3-1-4-11-24)22-25-12-5-2-6-13-25)31(27-18-19-27)28-15-9-14-26(20-28)23-44(41,42)35-37-29-16-7-8-17-30(29)38-35/h1-17,20,27,31-32H,18-19,21-23H2,(H,37,38). The monoisotopic (exact) mass is 604 g/mol. The Morgan fingerprint density at radius 3 is 2.05 bits per heavy atom. The third kappa shape index (κ3) is 5.46. The van der Waals surface area contributed by atoms with Crippen LogP contribution in [0.2, 0.25) is 0 Å². The molecule has 44 heavy (non-hydrogen) atoms. The topological polar surface area (TPSA) is 106 Å². The number of esters is 1. The molecule has 1 aliphatic carbocycles. The Labute approximate surface area is 256 Å². The van der Waals surface area contributed by atoms with Crippen molar-refractivity contribution in [1.29, 1.82) is 0 Å². The SMILES string of the molecule is O=C1OC(Cc2ccccc2)(Cc2ccccc2)C(=O)C1C(c1cccc(CS(=O)(=O)c2nc3ccccc3[nH]2)c1)C1CC1. The molecule has 0 radical (unpaired) electrons. The van der Waals surface area contributed by atoms with Gasteiger partial charge in [-0.25, -0.2) is 13.4 Å². The van der Waals surface area contributed by atoms with Crippen LogP contribution in [0.4, 0.5) is 0 Å². The number of ketones is 1. The Bertz CT molecular complexity index is 1870. The predicted octanol–water partition coefficient (Wildman–Crippen LogP) is 6.00. The van der Waals surface area contributed by atoms with E-state index in [1.54, 1.807) is 24.3 Å². The van der Waals surface area contributed by atoms with Crippen molar-refractivity contribution in [1.82, 2.24) is 9.97 Å². The number of benzene rings is 4. The van der Waals surface area contributed by atoms with Crippen LogP contribution in [0.3, 0.4) is 0 Å². The number of nitrogens with one attached hydrogen (secondary N) is 1. The van der Waals surface area contributed by atoms with Gasteiger partial charge in [-0.15, -0.1) is 0 Å². The molecule has 0 bridgehead atoms. The summed E-state index contributed by atoms with van der Waals surface area (Å²) in [5.74, 6) is -2.17. The number of ether oxygens (including phenoxy) is 1. The van der Waals surface area contributed by atoms with Gasteiger partial charge in [0.15, 0.2) is 11.4 Å². The van der Waals surface area contributed by atoms with Crippen molar-refractivity contribution >= 4 is 32.6 Å². The number of hydrogen-bond donors (Lipinski definition) is 1. The number of Topliss-reactive ketones (excluding diaryl/α,β-unsaturated/α-hetero) is 1. The average molecular weight is 605 g/mol. The van der Waals surface area contributed by atoms with E-state index in [1.165, 1.54) is 0 Å². The van der Waals surface area contributed by atoms with Crippen LogP contribution in [0.15, 0.2) is 114 Å². The number of aromatic nitrogens is 2. The summed E-state index contributed by atoms with van der Waals surface area (Å²) < 4.78 is 32.9. The van der Waals surface area contributed by atoms with Gasteiger partial charge in [-0.1, -0.05) is 97.1 Å². The van der Waals surface area contributed by atoms with Gasteiger partial charge < -0.3 is 9.72 Å². The zero-order valence-electron chi connectivity index (χ0n) is 24.1. The van der Waals surface area contributed by atoms with Crippen LogP contribution in [-0.4, -0.2) is 35.7 Å². The van der Waals surface area contributed by atoms with E-state index in [9.17, 15) is 18.0 Å². The van der Waals surface area contributed by atoms with Gasteiger partial charge in [0.25, 0.3) is 0 Å². The minimum absolute atomic E-state index is 0.0796. The number of fused-ring (bicyclic) bond motifs is 1. The summed E-state index contributed by atoms with van der Waals surface area (Å²) >= 11 is 0. The number of carbonyl (C=O) groups excluding carboxylic acids is 2. The molecule has 4 aromatic carbocycles. The molecule has 0 amide bonds. The smallest absolute Gasteiger partial charge is 0.318 e. The summed E-state index contributed by atoms with van der Waals surface area (Å²) in [5.41, 5.74) is 3.13. The summed E-state index contributed by atoms with van der Waals surface area (Å²) in [6.07, 6.45) is 2.37. The van der Waals surface area contributed by atoms with E-state index in [-0.39, 0.29) is 35.5 Å². The van der Waals surface area contributed by atoms with Crippen molar-refractivity contribution in [3.05, 3.63) is 131 Å². The second kappa shape index (κ2) is 11.2. The fraction of sp³-hybridized carbons (Fsp3) is 0.250. The molecule has 1 aromatic heterocycles. The van der Waals surface area contributed by atoms with Gasteiger partial charge in [0.05, 0.1) is 16.8 Å². The summed E-state index contributed by atoms with van der Waals surface area (Å²) in [5, 5.41) is -0.0796. The molecular formula is C36H32N2O5S. The van der Waals surface area contributed by atoms with E-state index in [4.69, 9.17) is 4.74 Å². The summed E-state index contributed by atoms with van der Waals surface area (Å²) in [7, 11) is -3.78. The molecule has 1 aliphatic heterocycles. The Morgan fingerprint density at radius 1 is 0.795 bits per heavy atom. The van der Waals surface area contributed by atoms with Crippen LogP contribution in [0.1, 0.15) is 41.0 Å². The van der Waals surface area contributed by atoms with Gasteiger partial charge in [0, 0.05) is 18.8 Å². The number of rotatable bonds is 10. The highest BCUT2D eigenvalue weighted by Crippen LogP contribution is 2.51. The number of imidazole rings is 1. The molecule has 1 saturated heterocycles. The van der Waals surface area contributed by atoms with E-state index in [0.717, 1.165) is 29.5 Å². The van der Waals surface area contributed by atoms with Gasteiger partial charge in [-0.05, 0) is 53.1 Å². The number of hydrogen-bond acceptors (Lipinski definition) is 6. The van der Waals surface area contributed by atoms with Crippen LogP contribution in [-0.2, 0) is 42.8 Å². The van der Waals surface area contributed by atoms with Gasteiger partial charge in [-0.3, -0.25) is 9.59 Å². The van der Waals surface area contributed by atoms with Gasteiger partial charge in [0.2, 0.25) is 15.0 Å². The maximum atomic E-state index is 14.5. The van der Waals surface area contributed by atoms with Crippen molar-refractivity contribution in [2.45, 2.75) is 48.1 Å². The maximum Gasteiger partial charge on any atom is 0.318 e. The minimum atomic E-state index is -3.78. The van der Waals surface area contributed by atoms with E-state index in [1.807, 2.05) is 84.9 Å². The lowest BCUT2D eigenvalue weighted by Crippen LogP contribution is -2.43. The molecular weight excluding hydrogens is 572 g/mol. The number of aromatic amines is 1. The van der Waals surface area contributed by atoms with Crippen LogP contribution < -0.4 is 0 Å². The van der Waals surface area contributed by atoms with Crippen molar-refractivity contribution in [2.75, 3.05) is 0 Å².